The third-order valence-electron chi connectivity index (χ3n) is 3.26. The minimum Gasteiger partial charge on any atom is -0.492 e. The maximum atomic E-state index is 5.63. The predicted molar refractivity (Wildman–Crippen MR) is 77.7 cm³/mol. The molecule has 3 nitrogen and oxygen atoms in total. The number of hydrogen-bond acceptors (Lipinski definition) is 2. The van der Waals surface area contributed by atoms with Gasteiger partial charge in [-0.15, -0.1) is 0 Å². The first-order valence-corrected chi connectivity index (χ1v) is 6.92. The molecule has 0 aliphatic heterocycles. The maximum absolute atomic E-state index is 5.63. The van der Waals surface area contributed by atoms with E-state index in [0.29, 0.717) is 12.5 Å². The number of nitrogens with zero attached hydrogens (tertiary/aromatic N) is 1. The molecule has 0 aliphatic carbocycles. The van der Waals surface area contributed by atoms with E-state index in [4.69, 9.17) is 17.0 Å². The molecule has 0 spiro atoms. The molecule has 1 unspecified atom stereocenters. The van der Waals surface area contributed by atoms with Crippen LogP contribution in [0.15, 0.2) is 18.2 Å². The van der Waals surface area contributed by atoms with Gasteiger partial charge in [0.05, 0.1) is 12.1 Å². The molecule has 1 heterocycles. The number of fused-ring (bicyclic) bond motifs is 1. The van der Waals surface area contributed by atoms with Crippen LogP contribution in [0.4, 0.5) is 0 Å². The number of benzene rings is 1. The largest absolute Gasteiger partial charge is 0.492 e. The Morgan fingerprint density at radius 3 is 2.83 bits per heavy atom. The van der Waals surface area contributed by atoms with Gasteiger partial charge >= 0.3 is 0 Å². The first kappa shape index (κ1) is 13.1. The summed E-state index contributed by atoms with van der Waals surface area (Å²) in [5, 5.41) is 0. The van der Waals surface area contributed by atoms with Crippen LogP contribution in [0.1, 0.15) is 27.2 Å². The van der Waals surface area contributed by atoms with Crippen LogP contribution >= 0.6 is 12.2 Å². The van der Waals surface area contributed by atoms with Gasteiger partial charge in [-0.1, -0.05) is 26.3 Å². The first-order valence-electron chi connectivity index (χ1n) is 6.51. The Hall–Kier alpha value is -1.29. The SMILES string of the molecule is CCOc1cccc2c1[nH]c(=S)n2CC(C)CC. The molecule has 0 aliphatic rings. The fraction of sp³-hybridized carbons (Fsp3) is 0.500. The molecular formula is C14H20N2OS. The van der Waals surface area contributed by atoms with E-state index in [1.54, 1.807) is 0 Å². The Morgan fingerprint density at radius 2 is 2.17 bits per heavy atom. The second kappa shape index (κ2) is 5.57. The lowest BCUT2D eigenvalue weighted by molar-refractivity contribution is 0.343. The van der Waals surface area contributed by atoms with E-state index in [1.807, 2.05) is 19.1 Å². The maximum Gasteiger partial charge on any atom is 0.178 e. The van der Waals surface area contributed by atoms with Gasteiger partial charge in [0, 0.05) is 6.54 Å². The van der Waals surface area contributed by atoms with E-state index in [0.717, 1.165) is 34.5 Å². The van der Waals surface area contributed by atoms with Gasteiger partial charge in [0.1, 0.15) is 11.3 Å². The Kier molecular flexibility index (Phi) is 4.07. The molecule has 4 heteroatoms. The lowest BCUT2D eigenvalue weighted by Gasteiger charge is -2.10. The van der Waals surface area contributed by atoms with E-state index in [9.17, 15) is 0 Å². The van der Waals surface area contributed by atoms with Crippen molar-refractivity contribution >= 4 is 23.3 Å². The molecule has 0 saturated carbocycles. The Balaban J connectivity index is 2.51. The van der Waals surface area contributed by atoms with Gasteiger partial charge in [0.2, 0.25) is 0 Å². The number of H-pyrrole nitrogens is 1. The second-order valence-corrected chi connectivity index (χ2v) is 5.02. The number of nitrogens with one attached hydrogen (secondary N) is 1. The number of para-hydroxylation sites is 1. The minimum absolute atomic E-state index is 0.617. The highest BCUT2D eigenvalue weighted by Crippen LogP contribution is 2.25. The molecule has 0 radical (unpaired) electrons. The van der Waals surface area contributed by atoms with E-state index < -0.39 is 0 Å². The van der Waals surface area contributed by atoms with Gasteiger partial charge in [-0.25, -0.2) is 0 Å². The zero-order valence-electron chi connectivity index (χ0n) is 11.2. The van der Waals surface area contributed by atoms with Crippen LogP contribution in [-0.4, -0.2) is 16.2 Å². The van der Waals surface area contributed by atoms with Crippen molar-refractivity contribution in [1.29, 1.82) is 0 Å². The molecule has 1 aromatic heterocycles. The zero-order chi connectivity index (χ0) is 13.1. The quantitative estimate of drug-likeness (QED) is 0.822. The van der Waals surface area contributed by atoms with Crippen molar-refractivity contribution in [2.45, 2.75) is 33.7 Å². The van der Waals surface area contributed by atoms with Crippen molar-refractivity contribution in [1.82, 2.24) is 9.55 Å². The highest BCUT2D eigenvalue weighted by molar-refractivity contribution is 7.71. The molecule has 0 saturated heterocycles. The Bertz CT molecular complexity index is 585. The normalized spacial score (nSPS) is 12.8. The molecular weight excluding hydrogens is 244 g/mol. The van der Waals surface area contributed by atoms with Crippen molar-refractivity contribution in [2.75, 3.05) is 6.61 Å². The summed E-state index contributed by atoms with van der Waals surface area (Å²) in [7, 11) is 0. The second-order valence-electron chi connectivity index (χ2n) is 4.64. The fourth-order valence-electron chi connectivity index (χ4n) is 2.05. The van der Waals surface area contributed by atoms with Gasteiger partial charge < -0.3 is 14.3 Å². The number of ether oxygens (including phenoxy) is 1. The summed E-state index contributed by atoms with van der Waals surface area (Å²) in [5.41, 5.74) is 2.14. The average Bonchev–Trinajstić information content (AvgIpc) is 2.68. The standard InChI is InChI=1S/C14H20N2OS/c1-4-10(3)9-16-11-7-6-8-12(17-5-2)13(11)15-14(16)18/h6-8,10H,4-5,9H2,1-3H3,(H,15,18). The van der Waals surface area contributed by atoms with Gasteiger partial charge in [-0.05, 0) is 37.2 Å². The monoisotopic (exact) mass is 264 g/mol. The highest BCUT2D eigenvalue weighted by atomic mass is 32.1. The molecule has 1 atom stereocenters. The summed E-state index contributed by atoms with van der Waals surface area (Å²) >= 11 is 5.41. The van der Waals surface area contributed by atoms with Crippen molar-refractivity contribution in [3.63, 3.8) is 0 Å². The van der Waals surface area contributed by atoms with Crippen LogP contribution in [0.2, 0.25) is 0 Å². The third-order valence-corrected chi connectivity index (χ3v) is 3.59. The third kappa shape index (κ3) is 2.43. The van der Waals surface area contributed by atoms with Crippen molar-refractivity contribution < 1.29 is 4.74 Å². The summed E-state index contributed by atoms with van der Waals surface area (Å²) in [6.45, 7) is 8.05. The van der Waals surface area contributed by atoms with E-state index in [1.165, 1.54) is 0 Å². The highest BCUT2D eigenvalue weighted by Gasteiger charge is 2.10. The molecule has 0 amide bonds. The number of aromatic amines is 1. The van der Waals surface area contributed by atoms with E-state index in [2.05, 4.69) is 29.5 Å². The Labute approximate surface area is 113 Å². The van der Waals surface area contributed by atoms with E-state index in [-0.39, 0.29) is 0 Å². The molecule has 1 N–H and O–H groups in total. The minimum atomic E-state index is 0.617. The van der Waals surface area contributed by atoms with Crippen LogP contribution in [-0.2, 0) is 6.54 Å². The molecule has 98 valence electrons. The molecule has 1 aromatic carbocycles. The van der Waals surface area contributed by atoms with Crippen LogP contribution in [0.5, 0.6) is 5.75 Å². The lowest BCUT2D eigenvalue weighted by Crippen LogP contribution is -2.06. The van der Waals surface area contributed by atoms with Gasteiger partial charge in [0.25, 0.3) is 0 Å². The summed E-state index contributed by atoms with van der Waals surface area (Å²) < 4.78 is 8.57. The van der Waals surface area contributed by atoms with Crippen LogP contribution in [0.3, 0.4) is 0 Å². The number of rotatable bonds is 5. The molecule has 2 aromatic rings. The molecule has 0 fully saturated rings. The smallest absolute Gasteiger partial charge is 0.178 e. The van der Waals surface area contributed by atoms with Crippen molar-refractivity contribution in [2.24, 2.45) is 5.92 Å². The van der Waals surface area contributed by atoms with Crippen LogP contribution < -0.4 is 4.74 Å². The van der Waals surface area contributed by atoms with Crippen LogP contribution in [0.25, 0.3) is 11.0 Å². The number of imidazole rings is 1. The van der Waals surface area contributed by atoms with Gasteiger partial charge in [-0.3, -0.25) is 0 Å². The summed E-state index contributed by atoms with van der Waals surface area (Å²) in [6, 6.07) is 6.08. The Morgan fingerprint density at radius 1 is 1.39 bits per heavy atom. The molecule has 2 rings (SSSR count). The van der Waals surface area contributed by atoms with Crippen LogP contribution in [0, 0.1) is 10.7 Å². The summed E-state index contributed by atoms with van der Waals surface area (Å²) in [4.78, 5) is 3.26. The van der Waals surface area contributed by atoms with Gasteiger partial charge in [-0.2, -0.15) is 0 Å². The van der Waals surface area contributed by atoms with E-state index >= 15 is 0 Å². The predicted octanol–water partition coefficient (Wildman–Crippen LogP) is 4.14. The number of aromatic nitrogens is 2. The van der Waals surface area contributed by atoms with Crippen molar-refractivity contribution in [3.8, 4) is 5.75 Å². The van der Waals surface area contributed by atoms with Gasteiger partial charge in [0.15, 0.2) is 4.77 Å². The topological polar surface area (TPSA) is 29.9 Å². The summed E-state index contributed by atoms with van der Waals surface area (Å²) in [5.74, 6) is 1.50. The zero-order valence-corrected chi connectivity index (χ0v) is 12.0. The fourth-order valence-corrected chi connectivity index (χ4v) is 2.33. The summed E-state index contributed by atoms with van der Waals surface area (Å²) in [6.07, 6.45) is 1.15. The van der Waals surface area contributed by atoms with Crippen molar-refractivity contribution in [3.05, 3.63) is 23.0 Å². The average molecular weight is 264 g/mol. The molecule has 18 heavy (non-hydrogen) atoms. The lowest BCUT2D eigenvalue weighted by atomic mass is 10.1. The first-order chi connectivity index (χ1) is 8.67. The number of hydrogen-bond donors (Lipinski definition) is 1. The molecule has 0 bridgehead atoms.